The van der Waals surface area contributed by atoms with Crippen molar-refractivity contribution in [3.63, 3.8) is 0 Å². The van der Waals surface area contributed by atoms with E-state index in [9.17, 15) is 8.78 Å². The SMILES string of the molecule is CC.COc1ncnc(OC(F)F)c1C(C)C. The number of rotatable bonds is 4. The van der Waals surface area contributed by atoms with Gasteiger partial charge < -0.3 is 9.47 Å². The topological polar surface area (TPSA) is 44.2 Å². The molecule has 0 bridgehead atoms. The first kappa shape index (κ1) is 15.5. The Balaban J connectivity index is 0.00000121. The zero-order valence-electron chi connectivity index (χ0n) is 10.7. The highest BCUT2D eigenvalue weighted by molar-refractivity contribution is 5.36. The van der Waals surface area contributed by atoms with Crippen LogP contribution in [0.2, 0.25) is 0 Å². The highest BCUT2D eigenvalue weighted by Gasteiger charge is 2.19. The van der Waals surface area contributed by atoms with Gasteiger partial charge in [0, 0.05) is 0 Å². The van der Waals surface area contributed by atoms with Crippen LogP contribution >= 0.6 is 0 Å². The maximum absolute atomic E-state index is 12.1. The Morgan fingerprint density at radius 2 is 1.65 bits per heavy atom. The maximum atomic E-state index is 12.1. The first-order valence-electron chi connectivity index (χ1n) is 5.40. The minimum absolute atomic E-state index is 0.0603. The number of halogens is 2. The highest BCUT2D eigenvalue weighted by atomic mass is 19.3. The molecular weight excluding hydrogens is 230 g/mol. The van der Waals surface area contributed by atoms with Gasteiger partial charge in [-0.2, -0.15) is 8.78 Å². The molecule has 0 unspecified atom stereocenters. The van der Waals surface area contributed by atoms with Crippen molar-refractivity contribution in [3.8, 4) is 11.8 Å². The first-order chi connectivity index (χ1) is 8.06. The number of hydrogen-bond acceptors (Lipinski definition) is 4. The second-order valence-electron chi connectivity index (χ2n) is 3.13. The molecule has 0 radical (unpaired) electrons. The molecule has 0 fully saturated rings. The number of ether oxygens (including phenoxy) is 2. The van der Waals surface area contributed by atoms with Gasteiger partial charge in [0.2, 0.25) is 11.8 Å². The van der Waals surface area contributed by atoms with E-state index in [1.807, 2.05) is 27.7 Å². The quantitative estimate of drug-likeness (QED) is 0.820. The van der Waals surface area contributed by atoms with Crippen LogP contribution in [-0.2, 0) is 0 Å². The molecular formula is C11H18F2N2O2. The minimum Gasteiger partial charge on any atom is -0.481 e. The van der Waals surface area contributed by atoms with Crippen LogP contribution in [0.3, 0.4) is 0 Å². The van der Waals surface area contributed by atoms with Crippen molar-refractivity contribution in [2.75, 3.05) is 7.11 Å². The lowest BCUT2D eigenvalue weighted by atomic mass is 10.1. The molecule has 0 atom stereocenters. The molecule has 0 spiro atoms. The highest BCUT2D eigenvalue weighted by Crippen LogP contribution is 2.31. The molecule has 98 valence electrons. The monoisotopic (exact) mass is 248 g/mol. The van der Waals surface area contributed by atoms with Crippen LogP contribution in [0.25, 0.3) is 0 Å². The Labute approximate surface area is 100.0 Å². The number of alkyl halides is 2. The summed E-state index contributed by atoms with van der Waals surface area (Å²) in [5.41, 5.74) is 0.445. The molecule has 1 aromatic rings. The fourth-order valence-electron chi connectivity index (χ4n) is 1.20. The first-order valence-corrected chi connectivity index (χ1v) is 5.40. The Morgan fingerprint density at radius 1 is 1.12 bits per heavy atom. The molecule has 0 aliphatic carbocycles. The molecule has 0 aromatic carbocycles. The third kappa shape index (κ3) is 4.50. The average Bonchev–Trinajstić information content (AvgIpc) is 2.30. The van der Waals surface area contributed by atoms with Crippen molar-refractivity contribution in [1.29, 1.82) is 0 Å². The third-order valence-corrected chi connectivity index (χ3v) is 1.78. The summed E-state index contributed by atoms with van der Waals surface area (Å²) >= 11 is 0. The normalized spacial score (nSPS) is 9.94. The van der Waals surface area contributed by atoms with Crippen LogP contribution in [0, 0.1) is 0 Å². The standard InChI is InChI=1S/C9H12F2N2O2.C2H6/c1-5(2)6-7(14-3)12-4-13-8(6)15-9(10)11;1-2/h4-5,9H,1-3H3;1-2H3. The Morgan fingerprint density at radius 3 is 2.06 bits per heavy atom. The van der Waals surface area contributed by atoms with Gasteiger partial charge >= 0.3 is 6.61 Å². The van der Waals surface area contributed by atoms with Crippen LogP contribution in [0.5, 0.6) is 11.8 Å². The van der Waals surface area contributed by atoms with Gasteiger partial charge in [0.1, 0.15) is 6.33 Å². The second kappa shape index (κ2) is 7.76. The lowest BCUT2D eigenvalue weighted by molar-refractivity contribution is -0.0538. The van der Waals surface area contributed by atoms with E-state index in [-0.39, 0.29) is 17.7 Å². The van der Waals surface area contributed by atoms with Gasteiger partial charge in [-0.3, -0.25) is 0 Å². The molecule has 0 aliphatic rings. The maximum Gasteiger partial charge on any atom is 0.388 e. The smallest absolute Gasteiger partial charge is 0.388 e. The predicted octanol–water partition coefficient (Wildman–Crippen LogP) is 3.24. The summed E-state index contributed by atoms with van der Waals surface area (Å²) in [5, 5.41) is 0. The summed E-state index contributed by atoms with van der Waals surface area (Å²) in [4.78, 5) is 7.48. The van der Waals surface area contributed by atoms with Gasteiger partial charge in [0.15, 0.2) is 0 Å². The van der Waals surface area contributed by atoms with E-state index < -0.39 is 6.61 Å². The molecule has 1 rings (SSSR count). The summed E-state index contributed by atoms with van der Waals surface area (Å²) in [6.45, 7) is 4.74. The number of aromatic nitrogens is 2. The van der Waals surface area contributed by atoms with Crippen LogP contribution < -0.4 is 9.47 Å². The number of methoxy groups -OCH3 is 1. The van der Waals surface area contributed by atoms with Gasteiger partial charge in [0.25, 0.3) is 0 Å². The van der Waals surface area contributed by atoms with Gasteiger partial charge in [0.05, 0.1) is 12.7 Å². The van der Waals surface area contributed by atoms with E-state index in [1.165, 1.54) is 7.11 Å². The van der Waals surface area contributed by atoms with Crippen LogP contribution in [0.1, 0.15) is 39.2 Å². The molecule has 0 saturated heterocycles. The van der Waals surface area contributed by atoms with Gasteiger partial charge in [-0.25, -0.2) is 9.97 Å². The summed E-state index contributed by atoms with van der Waals surface area (Å²) < 4.78 is 33.4. The van der Waals surface area contributed by atoms with Crippen LogP contribution in [0.4, 0.5) is 8.78 Å². The van der Waals surface area contributed by atoms with Crippen molar-refractivity contribution in [3.05, 3.63) is 11.9 Å². The molecule has 1 aromatic heterocycles. The number of nitrogens with zero attached hydrogens (tertiary/aromatic N) is 2. The Hall–Kier alpha value is -1.46. The molecule has 0 N–H and O–H groups in total. The molecule has 0 saturated carbocycles. The largest absolute Gasteiger partial charge is 0.481 e. The van der Waals surface area contributed by atoms with E-state index in [1.54, 1.807) is 0 Å². The summed E-state index contributed by atoms with van der Waals surface area (Å²) in [5.74, 6) is 0.0670. The van der Waals surface area contributed by atoms with E-state index in [4.69, 9.17) is 4.74 Å². The predicted molar refractivity (Wildman–Crippen MR) is 60.7 cm³/mol. The van der Waals surface area contributed by atoms with Gasteiger partial charge in [-0.05, 0) is 5.92 Å². The van der Waals surface area contributed by atoms with Gasteiger partial charge in [-0.15, -0.1) is 0 Å². The van der Waals surface area contributed by atoms with Crippen molar-refractivity contribution >= 4 is 0 Å². The van der Waals surface area contributed by atoms with Crippen molar-refractivity contribution < 1.29 is 18.3 Å². The van der Waals surface area contributed by atoms with E-state index in [0.29, 0.717) is 5.56 Å². The number of hydrogen-bond donors (Lipinski definition) is 0. The van der Waals surface area contributed by atoms with Crippen molar-refractivity contribution in [2.24, 2.45) is 0 Å². The van der Waals surface area contributed by atoms with Gasteiger partial charge in [-0.1, -0.05) is 27.7 Å². The molecule has 6 heteroatoms. The van der Waals surface area contributed by atoms with Crippen molar-refractivity contribution in [1.82, 2.24) is 9.97 Å². The van der Waals surface area contributed by atoms with E-state index in [0.717, 1.165) is 6.33 Å². The van der Waals surface area contributed by atoms with E-state index in [2.05, 4.69) is 14.7 Å². The molecule has 0 amide bonds. The van der Waals surface area contributed by atoms with Crippen LogP contribution in [0.15, 0.2) is 6.33 Å². The fourth-order valence-corrected chi connectivity index (χ4v) is 1.20. The minimum atomic E-state index is -2.90. The van der Waals surface area contributed by atoms with Crippen molar-refractivity contribution in [2.45, 2.75) is 40.2 Å². The van der Waals surface area contributed by atoms with E-state index >= 15 is 0 Å². The molecule has 4 nitrogen and oxygen atoms in total. The summed E-state index contributed by atoms with van der Waals surface area (Å²) in [7, 11) is 1.42. The average molecular weight is 248 g/mol. The lowest BCUT2D eigenvalue weighted by Crippen LogP contribution is -2.09. The van der Waals surface area contributed by atoms with Crippen LogP contribution in [-0.4, -0.2) is 23.7 Å². The molecule has 0 aliphatic heterocycles. The third-order valence-electron chi connectivity index (χ3n) is 1.78. The summed E-state index contributed by atoms with van der Waals surface area (Å²) in [6.07, 6.45) is 1.13. The zero-order chi connectivity index (χ0) is 13.4. The Kier molecular flexibility index (Phi) is 7.09. The summed E-state index contributed by atoms with van der Waals surface area (Å²) in [6, 6.07) is 0. The Bertz CT molecular complexity index is 333. The molecule has 1 heterocycles. The second-order valence-corrected chi connectivity index (χ2v) is 3.13. The molecule has 17 heavy (non-hydrogen) atoms. The lowest BCUT2D eigenvalue weighted by Gasteiger charge is -2.14. The fraction of sp³-hybridized carbons (Fsp3) is 0.636. The zero-order valence-corrected chi connectivity index (χ0v) is 10.7.